The normalized spacial score (nSPS) is 11.6. The van der Waals surface area contributed by atoms with Crippen molar-refractivity contribution in [2.45, 2.75) is 46.5 Å². The molecule has 0 aromatic carbocycles. The monoisotopic (exact) mass is 266 g/mol. The number of nitrogens with one attached hydrogen (secondary N) is 1. The summed E-state index contributed by atoms with van der Waals surface area (Å²) in [6, 6.07) is 0. The number of nitrogens with zero attached hydrogens (tertiary/aromatic N) is 2. The van der Waals surface area contributed by atoms with Gasteiger partial charge in [0.25, 0.3) is 0 Å². The predicted molar refractivity (Wildman–Crippen MR) is 77.9 cm³/mol. The summed E-state index contributed by atoms with van der Waals surface area (Å²) in [5.41, 5.74) is 7.05. The average Bonchev–Trinajstić information content (AvgIpc) is 2.67. The van der Waals surface area contributed by atoms with E-state index in [-0.39, 0.29) is 5.91 Å². The highest BCUT2D eigenvalue weighted by Gasteiger charge is 2.35. The van der Waals surface area contributed by atoms with Gasteiger partial charge in [-0.15, -0.1) is 0 Å². The summed E-state index contributed by atoms with van der Waals surface area (Å²) in [6.07, 6.45) is 5.38. The molecule has 1 aromatic heterocycles. The zero-order chi connectivity index (χ0) is 14.5. The van der Waals surface area contributed by atoms with Gasteiger partial charge in [0, 0.05) is 19.8 Å². The van der Waals surface area contributed by atoms with Crippen LogP contribution in [0.2, 0.25) is 0 Å². The number of nitrogens with two attached hydrogens (primary N) is 1. The molecule has 0 aliphatic rings. The van der Waals surface area contributed by atoms with E-state index in [4.69, 9.17) is 5.73 Å². The summed E-state index contributed by atoms with van der Waals surface area (Å²) in [6.45, 7) is 6.45. The summed E-state index contributed by atoms with van der Waals surface area (Å²) in [5, 5.41) is 7.22. The minimum absolute atomic E-state index is 0.0230. The minimum Gasteiger partial charge on any atom is -0.329 e. The largest absolute Gasteiger partial charge is 0.329 e. The Kier molecular flexibility index (Phi) is 5.54. The average molecular weight is 266 g/mol. The van der Waals surface area contributed by atoms with Gasteiger partial charge < -0.3 is 11.1 Å². The molecular formula is C14H26N4O. The van der Waals surface area contributed by atoms with Gasteiger partial charge in [-0.05, 0) is 19.8 Å². The van der Waals surface area contributed by atoms with E-state index in [1.54, 1.807) is 4.68 Å². The molecule has 0 atom stereocenters. The van der Waals surface area contributed by atoms with Crippen LogP contribution in [0.25, 0.3) is 0 Å². The fourth-order valence-electron chi connectivity index (χ4n) is 2.58. The van der Waals surface area contributed by atoms with Crippen LogP contribution in [0, 0.1) is 12.3 Å². The highest BCUT2D eigenvalue weighted by molar-refractivity contribution is 5.95. The second kappa shape index (κ2) is 6.70. The molecule has 0 saturated heterocycles. The molecule has 108 valence electrons. The first-order valence-electron chi connectivity index (χ1n) is 7.00. The van der Waals surface area contributed by atoms with Crippen molar-refractivity contribution in [2.24, 2.45) is 18.2 Å². The van der Waals surface area contributed by atoms with Crippen LogP contribution < -0.4 is 11.1 Å². The predicted octanol–water partition coefficient (Wildman–Crippen LogP) is 2.21. The van der Waals surface area contributed by atoms with E-state index in [0.717, 1.165) is 37.1 Å². The lowest BCUT2D eigenvalue weighted by atomic mass is 9.78. The highest BCUT2D eigenvalue weighted by Crippen LogP contribution is 2.30. The van der Waals surface area contributed by atoms with Gasteiger partial charge in [-0.25, -0.2) is 0 Å². The molecule has 0 unspecified atom stereocenters. The number of rotatable bonds is 7. The molecule has 1 amide bonds. The molecule has 0 spiro atoms. The third kappa shape index (κ3) is 3.56. The standard InChI is InChI=1S/C14H26N4O/c1-5-7-14(10-15,8-6-2)13(19)16-12-9-18(4)17-11(12)3/h9H,5-8,10,15H2,1-4H3,(H,16,19). The van der Waals surface area contributed by atoms with Crippen LogP contribution in [0.3, 0.4) is 0 Å². The van der Waals surface area contributed by atoms with Gasteiger partial charge in [0.2, 0.25) is 5.91 Å². The second-order valence-corrected chi connectivity index (χ2v) is 5.24. The van der Waals surface area contributed by atoms with Crippen LogP contribution in [0.4, 0.5) is 5.69 Å². The Labute approximate surface area is 115 Å². The van der Waals surface area contributed by atoms with Crippen LogP contribution in [0.15, 0.2) is 6.20 Å². The lowest BCUT2D eigenvalue weighted by Crippen LogP contribution is -2.42. The van der Waals surface area contributed by atoms with E-state index >= 15 is 0 Å². The van der Waals surface area contributed by atoms with Crippen LogP contribution >= 0.6 is 0 Å². The van der Waals surface area contributed by atoms with Crippen molar-refractivity contribution in [3.05, 3.63) is 11.9 Å². The van der Waals surface area contributed by atoms with Crippen LogP contribution in [-0.4, -0.2) is 22.2 Å². The lowest BCUT2D eigenvalue weighted by molar-refractivity contribution is -0.126. The van der Waals surface area contributed by atoms with Gasteiger partial charge in [0.1, 0.15) is 0 Å². The zero-order valence-electron chi connectivity index (χ0n) is 12.5. The first-order chi connectivity index (χ1) is 8.99. The fraction of sp³-hybridized carbons (Fsp3) is 0.714. The maximum Gasteiger partial charge on any atom is 0.231 e. The van der Waals surface area contributed by atoms with Crippen LogP contribution in [-0.2, 0) is 11.8 Å². The second-order valence-electron chi connectivity index (χ2n) is 5.24. The number of carbonyl (C=O) groups is 1. The van der Waals surface area contributed by atoms with Crippen molar-refractivity contribution >= 4 is 11.6 Å². The Hall–Kier alpha value is -1.36. The highest BCUT2D eigenvalue weighted by atomic mass is 16.2. The Morgan fingerprint density at radius 2 is 2.00 bits per heavy atom. The smallest absolute Gasteiger partial charge is 0.231 e. The molecular weight excluding hydrogens is 240 g/mol. The van der Waals surface area contributed by atoms with E-state index < -0.39 is 5.41 Å². The van der Waals surface area contributed by atoms with E-state index in [0.29, 0.717) is 6.54 Å². The van der Waals surface area contributed by atoms with Crippen molar-refractivity contribution in [1.29, 1.82) is 0 Å². The van der Waals surface area contributed by atoms with Gasteiger partial charge in [-0.1, -0.05) is 26.7 Å². The summed E-state index contributed by atoms with van der Waals surface area (Å²) in [4.78, 5) is 12.6. The third-order valence-corrected chi connectivity index (χ3v) is 3.59. The summed E-state index contributed by atoms with van der Waals surface area (Å²) < 4.78 is 1.70. The van der Waals surface area contributed by atoms with Crippen molar-refractivity contribution in [3.8, 4) is 0 Å². The Morgan fingerprint density at radius 3 is 2.37 bits per heavy atom. The third-order valence-electron chi connectivity index (χ3n) is 3.59. The summed E-state index contributed by atoms with van der Waals surface area (Å²) in [5.74, 6) is 0.0230. The maximum atomic E-state index is 12.6. The molecule has 1 rings (SSSR count). The summed E-state index contributed by atoms with van der Waals surface area (Å²) >= 11 is 0. The summed E-state index contributed by atoms with van der Waals surface area (Å²) in [7, 11) is 1.84. The minimum atomic E-state index is -0.453. The number of aryl methyl sites for hydroxylation is 2. The molecule has 1 heterocycles. The van der Waals surface area contributed by atoms with E-state index in [1.165, 1.54) is 0 Å². The molecule has 0 aliphatic heterocycles. The number of hydrogen-bond donors (Lipinski definition) is 2. The van der Waals surface area contributed by atoms with Crippen molar-refractivity contribution in [1.82, 2.24) is 9.78 Å². The maximum absolute atomic E-state index is 12.6. The molecule has 19 heavy (non-hydrogen) atoms. The van der Waals surface area contributed by atoms with Gasteiger partial charge >= 0.3 is 0 Å². The van der Waals surface area contributed by atoms with Gasteiger partial charge in [0.05, 0.1) is 16.8 Å². The SMILES string of the molecule is CCCC(CN)(CCC)C(=O)Nc1cn(C)nc1C. The zero-order valence-corrected chi connectivity index (χ0v) is 12.5. The molecule has 0 bridgehead atoms. The topological polar surface area (TPSA) is 72.9 Å². The fourth-order valence-corrected chi connectivity index (χ4v) is 2.58. The van der Waals surface area contributed by atoms with Crippen molar-refractivity contribution < 1.29 is 4.79 Å². The quantitative estimate of drug-likeness (QED) is 0.794. The molecule has 5 nitrogen and oxygen atoms in total. The van der Waals surface area contributed by atoms with Crippen LogP contribution in [0.5, 0.6) is 0 Å². The van der Waals surface area contributed by atoms with Crippen LogP contribution in [0.1, 0.15) is 45.2 Å². The number of hydrogen-bond acceptors (Lipinski definition) is 3. The molecule has 0 aliphatic carbocycles. The molecule has 0 saturated carbocycles. The molecule has 0 radical (unpaired) electrons. The molecule has 1 aromatic rings. The van der Waals surface area contributed by atoms with Crippen molar-refractivity contribution in [3.63, 3.8) is 0 Å². The molecule has 3 N–H and O–H groups in total. The number of aromatic nitrogens is 2. The Balaban J connectivity index is 2.90. The lowest BCUT2D eigenvalue weighted by Gasteiger charge is -2.30. The van der Waals surface area contributed by atoms with E-state index in [1.807, 2.05) is 20.2 Å². The first-order valence-corrected chi connectivity index (χ1v) is 7.00. The van der Waals surface area contributed by atoms with Gasteiger partial charge in [0.15, 0.2) is 0 Å². The molecule has 0 fully saturated rings. The van der Waals surface area contributed by atoms with E-state index in [9.17, 15) is 4.79 Å². The number of carbonyl (C=O) groups excluding carboxylic acids is 1. The van der Waals surface area contributed by atoms with E-state index in [2.05, 4.69) is 24.3 Å². The van der Waals surface area contributed by atoms with Gasteiger partial charge in [-0.2, -0.15) is 5.10 Å². The molecule has 5 heteroatoms. The Bertz CT molecular complexity index is 419. The first kappa shape index (κ1) is 15.7. The van der Waals surface area contributed by atoms with Crippen molar-refractivity contribution in [2.75, 3.05) is 11.9 Å². The van der Waals surface area contributed by atoms with Gasteiger partial charge in [-0.3, -0.25) is 9.48 Å². The Morgan fingerprint density at radius 1 is 1.42 bits per heavy atom. The number of anilines is 1. The number of amides is 1.